The van der Waals surface area contributed by atoms with Crippen LogP contribution in [0.25, 0.3) is 0 Å². The van der Waals surface area contributed by atoms with Gasteiger partial charge in [-0.25, -0.2) is 0 Å². The number of hydrogen-bond donors (Lipinski definition) is 0. The van der Waals surface area contributed by atoms with Gasteiger partial charge >= 0.3 is 0 Å². The van der Waals surface area contributed by atoms with Gasteiger partial charge in [0.05, 0.1) is 31.6 Å². The van der Waals surface area contributed by atoms with Crippen molar-refractivity contribution in [1.29, 1.82) is 0 Å². The molecule has 0 unspecified atom stereocenters. The Morgan fingerprint density at radius 1 is 1.16 bits per heavy atom. The molecule has 1 aromatic heterocycles. The van der Waals surface area contributed by atoms with E-state index in [-0.39, 0.29) is 6.04 Å². The lowest BCUT2D eigenvalue weighted by Crippen LogP contribution is -2.38. The summed E-state index contributed by atoms with van der Waals surface area (Å²) in [6.45, 7) is 3.74. The summed E-state index contributed by atoms with van der Waals surface area (Å²) in [5.41, 5.74) is 4.07. The largest absolute Gasteiger partial charge is 0.497 e. The molecule has 1 saturated carbocycles. The minimum absolute atomic E-state index is 0.275. The molecule has 2 heterocycles. The van der Waals surface area contributed by atoms with E-state index >= 15 is 0 Å². The molecule has 1 fully saturated rings. The molecule has 25 heavy (non-hydrogen) atoms. The molecule has 5 nitrogen and oxygen atoms in total. The summed E-state index contributed by atoms with van der Waals surface area (Å²) in [6, 6.07) is 8.65. The van der Waals surface area contributed by atoms with Crippen molar-refractivity contribution in [1.82, 2.24) is 14.7 Å². The van der Waals surface area contributed by atoms with E-state index < -0.39 is 0 Å². The van der Waals surface area contributed by atoms with Crippen molar-refractivity contribution in [2.45, 2.75) is 38.4 Å². The highest BCUT2D eigenvalue weighted by Gasteiger charge is 2.33. The van der Waals surface area contributed by atoms with Crippen LogP contribution in [0.4, 0.5) is 0 Å². The lowest BCUT2D eigenvalue weighted by Gasteiger charge is -2.36. The number of ether oxygens (including phenoxy) is 2. The van der Waals surface area contributed by atoms with Gasteiger partial charge in [-0.05, 0) is 48.4 Å². The van der Waals surface area contributed by atoms with Gasteiger partial charge in [0.15, 0.2) is 0 Å². The number of fused-ring (bicyclic) bond motifs is 1. The van der Waals surface area contributed by atoms with Crippen LogP contribution in [-0.2, 0) is 24.2 Å². The Labute approximate surface area is 149 Å². The first-order valence-electron chi connectivity index (χ1n) is 9.19. The maximum absolute atomic E-state index is 5.58. The van der Waals surface area contributed by atoms with E-state index in [0.717, 1.165) is 37.7 Å². The van der Waals surface area contributed by atoms with Gasteiger partial charge in [-0.15, -0.1) is 0 Å². The summed E-state index contributed by atoms with van der Waals surface area (Å²) in [5.74, 6) is 1.73. The third kappa shape index (κ3) is 3.58. The van der Waals surface area contributed by atoms with E-state index in [1.54, 1.807) is 14.2 Å². The lowest BCUT2D eigenvalue weighted by atomic mass is 9.99. The average Bonchev–Trinajstić information content (AvgIpc) is 3.36. The van der Waals surface area contributed by atoms with Crippen molar-refractivity contribution in [3.05, 3.63) is 47.3 Å². The third-order valence-corrected chi connectivity index (χ3v) is 5.38. The summed E-state index contributed by atoms with van der Waals surface area (Å²) < 4.78 is 13.1. The van der Waals surface area contributed by atoms with Gasteiger partial charge < -0.3 is 9.47 Å². The Kier molecular flexibility index (Phi) is 4.77. The molecule has 5 heteroatoms. The minimum Gasteiger partial charge on any atom is -0.497 e. The second-order valence-electron chi connectivity index (χ2n) is 7.22. The van der Waals surface area contributed by atoms with Crippen LogP contribution in [0.3, 0.4) is 0 Å². The summed E-state index contributed by atoms with van der Waals surface area (Å²) in [5, 5.41) is 4.69. The van der Waals surface area contributed by atoms with Crippen LogP contribution >= 0.6 is 0 Å². The topological polar surface area (TPSA) is 39.5 Å². The first-order valence-corrected chi connectivity index (χ1v) is 9.19. The Morgan fingerprint density at radius 3 is 2.64 bits per heavy atom. The first kappa shape index (κ1) is 16.6. The van der Waals surface area contributed by atoms with Gasteiger partial charge in [-0.2, -0.15) is 5.10 Å². The van der Waals surface area contributed by atoms with Gasteiger partial charge in [0, 0.05) is 26.7 Å². The summed E-state index contributed by atoms with van der Waals surface area (Å²) in [4.78, 5) is 2.53. The van der Waals surface area contributed by atoms with E-state index in [4.69, 9.17) is 14.6 Å². The maximum atomic E-state index is 5.58. The Balaban J connectivity index is 1.56. The number of methoxy groups -OCH3 is 2. The highest BCUT2D eigenvalue weighted by molar-refractivity contribution is 5.29. The van der Waals surface area contributed by atoms with Crippen molar-refractivity contribution in [3.63, 3.8) is 0 Å². The quantitative estimate of drug-likeness (QED) is 0.776. The van der Waals surface area contributed by atoms with Crippen molar-refractivity contribution in [2.24, 2.45) is 5.92 Å². The van der Waals surface area contributed by atoms with Gasteiger partial charge in [0.25, 0.3) is 0 Å². The molecule has 1 aliphatic heterocycles. The van der Waals surface area contributed by atoms with Gasteiger partial charge in [-0.1, -0.05) is 12.1 Å². The number of benzene rings is 1. The van der Waals surface area contributed by atoms with Crippen LogP contribution in [0.15, 0.2) is 30.5 Å². The van der Waals surface area contributed by atoms with Crippen LogP contribution in [-0.4, -0.2) is 42.1 Å². The highest BCUT2D eigenvalue weighted by Crippen LogP contribution is 2.35. The predicted molar refractivity (Wildman–Crippen MR) is 96.7 cm³/mol. The molecule has 0 radical (unpaired) electrons. The molecule has 1 aromatic carbocycles. The van der Waals surface area contributed by atoms with E-state index in [0.29, 0.717) is 6.61 Å². The average molecular weight is 341 g/mol. The normalized spacial score (nSPS) is 20.5. The number of nitrogens with zero attached hydrogens (tertiary/aromatic N) is 3. The van der Waals surface area contributed by atoms with Crippen LogP contribution in [0, 0.1) is 5.92 Å². The minimum atomic E-state index is 0.275. The van der Waals surface area contributed by atoms with Crippen molar-refractivity contribution in [3.8, 4) is 5.75 Å². The van der Waals surface area contributed by atoms with Crippen molar-refractivity contribution >= 4 is 0 Å². The number of rotatable bonds is 7. The van der Waals surface area contributed by atoms with Crippen LogP contribution in [0.1, 0.15) is 35.7 Å². The molecular weight excluding hydrogens is 314 g/mol. The zero-order valence-corrected chi connectivity index (χ0v) is 15.1. The van der Waals surface area contributed by atoms with Gasteiger partial charge in [0.1, 0.15) is 5.75 Å². The van der Waals surface area contributed by atoms with Crippen LogP contribution in [0.2, 0.25) is 0 Å². The first-order chi connectivity index (χ1) is 12.3. The molecule has 1 aliphatic carbocycles. The second-order valence-corrected chi connectivity index (χ2v) is 7.22. The van der Waals surface area contributed by atoms with Crippen LogP contribution < -0.4 is 4.74 Å². The fourth-order valence-electron chi connectivity index (χ4n) is 3.79. The summed E-state index contributed by atoms with van der Waals surface area (Å²) >= 11 is 0. The Morgan fingerprint density at radius 2 is 1.96 bits per heavy atom. The molecule has 0 spiro atoms. The van der Waals surface area contributed by atoms with E-state index in [2.05, 4.69) is 27.9 Å². The molecule has 0 saturated heterocycles. The zero-order chi connectivity index (χ0) is 17.2. The molecule has 0 N–H and O–H groups in total. The summed E-state index contributed by atoms with van der Waals surface area (Å²) in [6.07, 6.45) is 5.83. The van der Waals surface area contributed by atoms with Gasteiger partial charge in [-0.3, -0.25) is 9.58 Å². The van der Waals surface area contributed by atoms with E-state index in [1.807, 2.05) is 12.1 Å². The standard InChI is InChI=1S/C20H27N3O2/c1-24-14-19-20-17(11-21-23(20)13-16-3-4-16)9-10-22(19)12-15-5-7-18(25-2)8-6-15/h5-8,11,16,19H,3-4,9-10,12-14H2,1-2H3/t19-/m1/s1. The monoisotopic (exact) mass is 341 g/mol. The Hall–Kier alpha value is -1.85. The molecule has 2 aliphatic rings. The molecule has 134 valence electrons. The molecule has 0 amide bonds. The fraction of sp³-hybridized carbons (Fsp3) is 0.550. The molecule has 4 rings (SSSR count). The van der Waals surface area contributed by atoms with E-state index in [1.165, 1.54) is 29.7 Å². The maximum Gasteiger partial charge on any atom is 0.118 e. The van der Waals surface area contributed by atoms with Crippen LogP contribution in [0.5, 0.6) is 5.75 Å². The smallest absolute Gasteiger partial charge is 0.118 e. The molecular formula is C20H27N3O2. The van der Waals surface area contributed by atoms with Crippen molar-refractivity contribution in [2.75, 3.05) is 27.4 Å². The predicted octanol–water partition coefficient (Wildman–Crippen LogP) is 3.05. The van der Waals surface area contributed by atoms with Gasteiger partial charge in [0.2, 0.25) is 0 Å². The highest BCUT2D eigenvalue weighted by atomic mass is 16.5. The number of hydrogen-bond acceptors (Lipinski definition) is 4. The summed E-state index contributed by atoms with van der Waals surface area (Å²) in [7, 11) is 3.50. The molecule has 1 atom stereocenters. The molecule has 0 bridgehead atoms. The zero-order valence-electron chi connectivity index (χ0n) is 15.1. The molecule has 2 aromatic rings. The third-order valence-electron chi connectivity index (χ3n) is 5.38. The van der Waals surface area contributed by atoms with Crippen molar-refractivity contribution < 1.29 is 9.47 Å². The number of aromatic nitrogens is 2. The SMILES string of the molecule is COC[C@@H]1c2c(cnn2CC2CC2)CCN1Cc1ccc(OC)cc1. The lowest BCUT2D eigenvalue weighted by molar-refractivity contribution is 0.0725. The second kappa shape index (κ2) is 7.18. The Bertz CT molecular complexity index is 706. The van der Waals surface area contributed by atoms with E-state index in [9.17, 15) is 0 Å². The fourth-order valence-corrected chi connectivity index (χ4v) is 3.79.